The van der Waals surface area contributed by atoms with Crippen LogP contribution in [0.15, 0.2) is 36.5 Å². The Labute approximate surface area is 149 Å². The van der Waals surface area contributed by atoms with Crippen molar-refractivity contribution in [2.24, 2.45) is 0 Å². The smallest absolute Gasteiger partial charge is 0.325 e. The predicted octanol–water partition coefficient (Wildman–Crippen LogP) is 2.96. The number of rotatable bonds is 5. The third-order valence-electron chi connectivity index (χ3n) is 4.66. The monoisotopic (exact) mass is 356 g/mol. The van der Waals surface area contributed by atoms with Crippen molar-refractivity contribution in [3.8, 4) is 0 Å². The Balaban J connectivity index is 1.47. The lowest BCUT2D eigenvalue weighted by Gasteiger charge is -2.32. The van der Waals surface area contributed by atoms with Crippen molar-refractivity contribution >= 4 is 27.5 Å². The minimum atomic E-state index is -0.855. The van der Waals surface area contributed by atoms with Crippen LogP contribution in [0.25, 0.3) is 10.2 Å². The van der Waals surface area contributed by atoms with E-state index in [4.69, 9.17) is 10.1 Å². The first-order valence-electron chi connectivity index (χ1n) is 8.49. The number of fused-ring (bicyclic) bond motifs is 1. The molecule has 7 heteroatoms. The number of aliphatic carboxylic acids is 1. The van der Waals surface area contributed by atoms with E-state index in [1.165, 1.54) is 4.70 Å². The summed E-state index contributed by atoms with van der Waals surface area (Å²) >= 11 is 1.75. The summed E-state index contributed by atoms with van der Waals surface area (Å²) in [6, 6.07) is 10.2. The fourth-order valence-electron chi connectivity index (χ4n) is 3.57. The zero-order valence-electron chi connectivity index (χ0n) is 13.8. The Bertz CT molecular complexity index is 855. The van der Waals surface area contributed by atoms with Crippen molar-refractivity contribution in [2.45, 2.75) is 31.8 Å². The molecule has 0 bridgehead atoms. The summed E-state index contributed by atoms with van der Waals surface area (Å²) in [5, 5.41) is 14.4. The lowest BCUT2D eigenvalue weighted by atomic mass is 9.94. The van der Waals surface area contributed by atoms with E-state index >= 15 is 0 Å². The highest BCUT2D eigenvalue weighted by atomic mass is 32.1. The van der Waals surface area contributed by atoms with Gasteiger partial charge < -0.3 is 5.11 Å². The highest BCUT2D eigenvalue weighted by molar-refractivity contribution is 7.18. The van der Waals surface area contributed by atoms with Crippen molar-refractivity contribution in [1.82, 2.24) is 19.7 Å². The van der Waals surface area contributed by atoms with Crippen LogP contribution in [0.2, 0.25) is 0 Å². The Morgan fingerprint density at radius 1 is 1.32 bits per heavy atom. The van der Waals surface area contributed by atoms with E-state index in [2.05, 4.69) is 22.1 Å². The second-order valence-electron chi connectivity index (χ2n) is 6.46. The number of para-hydroxylation sites is 1. The molecular weight excluding hydrogens is 336 g/mol. The van der Waals surface area contributed by atoms with Crippen LogP contribution in [0.3, 0.4) is 0 Å². The summed E-state index contributed by atoms with van der Waals surface area (Å²) < 4.78 is 2.85. The molecule has 1 fully saturated rings. The molecule has 1 unspecified atom stereocenters. The number of hydrogen-bond donors (Lipinski definition) is 1. The molecule has 6 nitrogen and oxygen atoms in total. The number of benzene rings is 1. The molecule has 1 aliphatic rings. The van der Waals surface area contributed by atoms with E-state index in [0.29, 0.717) is 5.92 Å². The van der Waals surface area contributed by atoms with Gasteiger partial charge in [0.05, 0.1) is 16.8 Å². The molecule has 0 radical (unpaired) electrons. The Kier molecular flexibility index (Phi) is 4.50. The van der Waals surface area contributed by atoms with Gasteiger partial charge in [-0.1, -0.05) is 12.1 Å². The molecule has 3 heterocycles. The zero-order valence-corrected chi connectivity index (χ0v) is 14.7. The zero-order chi connectivity index (χ0) is 17.2. The third-order valence-corrected chi connectivity index (χ3v) is 5.68. The molecule has 4 rings (SSSR count). The van der Waals surface area contributed by atoms with Crippen molar-refractivity contribution in [3.63, 3.8) is 0 Å². The van der Waals surface area contributed by atoms with Gasteiger partial charge in [0.1, 0.15) is 11.6 Å². The molecule has 1 saturated heterocycles. The van der Waals surface area contributed by atoms with Crippen molar-refractivity contribution in [2.75, 3.05) is 13.1 Å². The number of carboxylic acids is 1. The highest BCUT2D eigenvalue weighted by Gasteiger charge is 2.25. The first-order chi connectivity index (χ1) is 12.2. The number of piperidine rings is 1. The molecule has 130 valence electrons. The van der Waals surface area contributed by atoms with Gasteiger partial charge in [-0.15, -0.1) is 11.3 Å². The quantitative estimate of drug-likeness (QED) is 0.761. The van der Waals surface area contributed by atoms with Gasteiger partial charge in [0.15, 0.2) is 0 Å². The summed E-state index contributed by atoms with van der Waals surface area (Å²) in [5.74, 6) is -0.530. The third kappa shape index (κ3) is 3.57. The van der Waals surface area contributed by atoms with E-state index in [1.54, 1.807) is 22.2 Å². The second kappa shape index (κ2) is 6.93. The fourth-order valence-corrected chi connectivity index (χ4v) is 4.58. The largest absolute Gasteiger partial charge is 0.480 e. The maximum atomic E-state index is 11.0. The van der Waals surface area contributed by atoms with Crippen LogP contribution in [0, 0.1) is 0 Å². The maximum absolute atomic E-state index is 11.0. The minimum absolute atomic E-state index is 0.0727. The standard InChI is InChI=1S/C18H20N4O2S/c23-18(24)12-22-15(7-8-19-22)13-4-3-9-21(10-13)11-17-20-14-5-1-2-6-16(14)25-17/h1-2,5-8,13H,3-4,9-12H2,(H,23,24). The summed E-state index contributed by atoms with van der Waals surface area (Å²) in [6.07, 6.45) is 3.88. The van der Waals surface area contributed by atoms with E-state index < -0.39 is 5.97 Å². The molecule has 1 atom stereocenters. The molecule has 1 aromatic carbocycles. The van der Waals surface area contributed by atoms with Crippen molar-refractivity contribution < 1.29 is 9.90 Å². The fraction of sp³-hybridized carbons (Fsp3) is 0.389. The summed E-state index contributed by atoms with van der Waals surface area (Å²) in [7, 11) is 0. The first kappa shape index (κ1) is 16.2. The van der Waals surface area contributed by atoms with E-state index in [-0.39, 0.29) is 6.54 Å². The lowest BCUT2D eigenvalue weighted by Crippen LogP contribution is -2.34. The number of nitrogens with zero attached hydrogens (tertiary/aromatic N) is 4. The van der Waals surface area contributed by atoms with Gasteiger partial charge in [-0.2, -0.15) is 5.10 Å². The second-order valence-corrected chi connectivity index (χ2v) is 7.57. The summed E-state index contributed by atoms with van der Waals surface area (Å²) in [6.45, 7) is 2.75. The lowest BCUT2D eigenvalue weighted by molar-refractivity contribution is -0.137. The van der Waals surface area contributed by atoms with Crippen LogP contribution in [-0.2, 0) is 17.9 Å². The maximum Gasteiger partial charge on any atom is 0.325 e. The molecule has 1 N–H and O–H groups in total. The van der Waals surface area contributed by atoms with Crippen LogP contribution < -0.4 is 0 Å². The number of likely N-dealkylation sites (tertiary alicyclic amines) is 1. The van der Waals surface area contributed by atoms with Gasteiger partial charge in [-0.3, -0.25) is 14.4 Å². The number of carbonyl (C=O) groups is 1. The van der Waals surface area contributed by atoms with Crippen LogP contribution >= 0.6 is 11.3 Å². The van der Waals surface area contributed by atoms with Gasteiger partial charge in [-0.25, -0.2) is 4.98 Å². The van der Waals surface area contributed by atoms with E-state index in [1.807, 2.05) is 18.2 Å². The predicted molar refractivity (Wildman–Crippen MR) is 96.7 cm³/mol. The minimum Gasteiger partial charge on any atom is -0.480 e. The molecule has 0 saturated carbocycles. The Morgan fingerprint density at radius 3 is 3.04 bits per heavy atom. The molecule has 3 aromatic rings. The molecule has 0 amide bonds. The van der Waals surface area contributed by atoms with Crippen LogP contribution in [0.5, 0.6) is 0 Å². The van der Waals surface area contributed by atoms with Crippen molar-refractivity contribution in [1.29, 1.82) is 0 Å². The highest BCUT2D eigenvalue weighted by Crippen LogP contribution is 2.29. The van der Waals surface area contributed by atoms with Gasteiger partial charge in [0, 0.05) is 24.4 Å². The number of carboxylic acid groups (broad SMARTS) is 1. The molecule has 2 aromatic heterocycles. The Hall–Kier alpha value is -2.25. The first-order valence-corrected chi connectivity index (χ1v) is 9.31. The van der Waals surface area contributed by atoms with Gasteiger partial charge >= 0.3 is 5.97 Å². The normalized spacial score (nSPS) is 18.6. The number of thiazole rings is 1. The van der Waals surface area contributed by atoms with Crippen LogP contribution in [-0.4, -0.2) is 43.8 Å². The molecule has 25 heavy (non-hydrogen) atoms. The van der Waals surface area contributed by atoms with Crippen LogP contribution in [0.4, 0.5) is 0 Å². The van der Waals surface area contributed by atoms with Gasteiger partial charge in [0.2, 0.25) is 0 Å². The summed E-state index contributed by atoms with van der Waals surface area (Å²) in [4.78, 5) is 18.2. The van der Waals surface area contributed by atoms with Crippen molar-refractivity contribution in [3.05, 3.63) is 47.2 Å². The van der Waals surface area contributed by atoms with E-state index in [9.17, 15) is 4.79 Å². The number of hydrogen-bond acceptors (Lipinski definition) is 5. The SMILES string of the molecule is O=C(O)Cn1nccc1C1CCCN(Cc2nc3ccccc3s2)C1. The Morgan fingerprint density at radius 2 is 2.20 bits per heavy atom. The molecule has 1 aliphatic heterocycles. The average Bonchev–Trinajstić information content (AvgIpc) is 3.20. The topological polar surface area (TPSA) is 71.2 Å². The van der Waals surface area contributed by atoms with E-state index in [0.717, 1.165) is 48.7 Å². The molecule has 0 spiro atoms. The average molecular weight is 356 g/mol. The number of aromatic nitrogens is 3. The van der Waals surface area contributed by atoms with Gasteiger partial charge in [-0.05, 0) is 37.6 Å². The van der Waals surface area contributed by atoms with Crippen LogP contribution in [0.1, 0.15) is 29.5 Å². The molecular formula is C18H20N4O2S. The van der Waals surface area contributed by atoms with Gasteiger partial charge in [0.25, 0.3) is 0 Å². The summed E-state index contributed by atoms with van der Waals surface area (Å²) in [5.41, 5.74) is 2.09. The molecule has 0 aliphatic carbocycles.